The van der Waals surface area contributed by atoms with Gasteiger partial charge >= 0.3 is 0 Å². The third-order valence-corrected chi connectivity index (χ3v) is 7.09. The summed E-state index contributed by atoms with van der Waals surface area (Å²) in [4.78, 5) is 35.5. The molecule has 1 aromatic carbocycles. The highest BCUT2D eigenvalue weighted by molar-refractivity contribution is 8.18. The van der Waals surface area contributed by atoms with Crippen LogP contribution in [0, 0.1) is 17.0 Å². The monoisotopic (exact) mass is 454 g/mol. The fourth-order valence-electron chi connectivity index (χ4n) is 3.75. The number of para-hydroxylation sites is 1. The van der Waals surface area contributed by atoms with Gasteiger partial charge in [0.05, 0.1) is 21.1 Å². The van der Waals surface area contributed by atoms with E-state index in [1.165, 1.54) is 35.6 Å². The zero-order valence-electron chi connectivity index (χ0n) is 17.1. The van der Waals surface area contributed by atoms with Crippen LogP contribution in [0.3, 0.4) is 0 Å². The van der Waals surface area contributed by atoms with Crippen molar-refractivity contribution in [3.8, 4) is 0 Å². The highest BCUT2D eigenvalue weighted by atomic mass is 32.2. The molecule has 2 fully saturated rings. The molecule has 0 spiro atoms. The van der Waals surface area contributed by atoms with Crippen molar-refractivity contribution in [2.45, 2.75) is 45.1 Å². The van der Waals surface area contributed by atoms with Gasteiger partial charge in [-0.2, -0.15) is 4.99 Å². The predicted octanol–water partition coefficient (Wildman–Crippen LogP) is 5.85. The SMILES string of the molecule is Cc1csc(/N=C2/S/C(=C\C=C\c3ccccc3[N+](=O)[O-])C(=O)N2C2CCCCC2)n1. The van der Waals surface area contributed by atoms with Crippen LogP contribution < -0.4 is 0 Å². The van der Waals surface area contributed by atoms with Gasteiger partial charge in [-0.3, -0.25) is 19.8 Å². The summed E-state index contributed by atoms with van der Waals surface area (Å²) in [7, 11) is 0. The molecule has 0 atom stereocenters. The van der Waals surface area contributed by atoms with E-state index in [4.69, 9.17) is 0 Å². The summed E-state index contributed by atoms with van der Waals surface area (Å²) < 4.78 is 0. The standard InChI is InChI=1S/C22H22N4O3S2/c1-15-14-30-21(23-15)24-22-25(17-10-3-2-4-11-17)20(27)19(31-22)13-7-9-16-8-5-6-12-18(16)26(28)29/h5-9,12-14,17H,2-4,10-11H2,1H3/b9-7+,19-13-,24-22+. The van der Waals surface area contributed by atoms with E-state index < -0.39 is 4.92 Å². The molecule has 0 N–H and O–H groups in total. The Kier molecular flexibility index (Phi) is 6.62. The van der Waals surface area contributed by atoms with E-state index in [1.54, 1.807) is 36.4 Å². The Balaban J connectivity index is 1.62. The number of hydrogen-bond acceptors (Lipinski definition) is 7. The number of nitro benzene ring substituents is 1. The number of carbonyl (C=O) groups is 1. The number of benzene rings is 1. The lowest BCUT2D eigenvalue weighted by atomic mass is 9.94. The molecule has 2 aliphatic rings. The number of amidine groups is 1. The molecular weight excluding hydrogens is 432 g/mol. The minimum Gasteiger partial charge on any atom is -0.283 e. The summed E-state index contributed by atoms with van der Waals surface area (Å²) in [6, 6.07) is 6.69. The molecule has 1 aliphatic carbocycles. The third-order valence-electron chi connectivity index (χ3n) is 5.23. The molecule has 0 bridgehead atoms. The van der Waals surface area contributed by atoms with Crippen LogP contribution in [0.5, 0.6) is 0 Å². The Morgan fingerprint density at radius 2 is 2.03 bits per heavy atom. The van der Waals surface area contributed by atoms with Gasteiger partial charge in [0.1, 0.15) is 0 Å². The minimum absolute atomic E-state index is 0.0350. The van der Waals surface area contributed by atoms with Crippen molar-refractivity contribution in [1.29, 1.82) is 0 Å². The Bertz CT molecular complexity index is 1080. The van der Waals surface area contributed by atoms with Crippen LogP contribution in [0.15, 0.2) is 51.7 Å². The first-order chi connectivity index (χ1) is 15.0. The molecule has 2 heterocycles. The Hall–Kier alpha value is -2.78. The van der Waals surface area contributed by atoms with Gasteiger partial charge in [0, 0.05) is 17.5 Å². The molecule has 1 amide bonds. The van der Waals surface area contributed by atoms with E-state index in [1.807, 2.05) is 17.2 Å². The number of aromatic nitrogens is 1. The zero-order chi connectivity index (χ0) is 21.8. The van der Waals surface area contributed by atoms with Crippen LogP contribution in [-0.4, -0.2) is 31.9 Å². The maximum Gasteiger partial charge on any atom is 0.276 e. The van der Waals surface area contributed by atoms with Crippen molar-refractivity contribution in [3.05, 3.63) is 68.1 Å². The first-order valence-electron chi connectivity index (χ1n) is 10.2. The number of thiazole rings is 1. The average molecular weight is 455 g/mol. The van der Waals surface area contributed by atoms with Crippen LogP contribution in [-0.2, 0) is 4.79 Å². The van der Waals surface area contributed by atoms with Gasteiger partial charge < -0.3 is 0 Å². The molecular formula is C22H22N4O3S2. The number of nitrogens with zero attached hydrogens (tertiary/aromatic N) is 4. The average Bonchev–Trinajstić information content (AvgIpc) is 3.31. The maximum atomic E-state index is 13.2. The Morgan fingerprint density at radius 1 is 1.26 bits per heavy atom. The van der Waals surface area contributed by atoms with E-state index in [2.05, 4.69) is 9.98 Å². The molecule has 0 radical (unpaired) electrons. The lowest BCUT2D eigenvalue weighted by Gasteiger charge is -2.30. The van der Waals surface area contributed by atoms with E-state index in [9.17, 15) is 14.9 Å². The van der Waals surface area contributed by atoms with Crippen molar-refractivity contribution < 1.29 is 9.72 Å². The predicted molar refractivity (Wildman–Crippen MR) is 125 cm³/mol. The third kappa shape index (κ3) is 4.94. The minimum atomic E-state index is -0.409. The van der Waals surface area contributed by atoms with E-state index in [-0.39, 0.29) is 17.6 Å². The van der Waals surface area contributed by atoms with Gasteiger partial charge in [0.2, 0.25) is 5.13 Å². The zero-order valence-corrected chi connectivity index (χ0v) is 18.7. The number of rotatable bonds is 5. The molecule has 7 nitrogen and oxygen atoms in total. The van der Waals surface area contributed by atoms with Crippen molar-refractivity contribution in [2.24, 2.45) is 4.99 Å². The molecule has 4 rings (SSSR count). The van der Waals surface area contributed by atoms with Gasteiger partial charge in [-0.1, -0.05) is 37.5 Å². The van der Waals surface area contributed by atoms with Gasteiger partial charge in [-0.05, 0) is 49.7 Å². The molecule has 9 heteroatoms. The second-order valence-corrected chi connectivity index (χ2v) is 9.29. The maximum absolute atomic E-state index is 13.2. The Morgan fingerprint density at radius 3 is 2.74 bits per heavy atom. The molecule has 160 valence electrons. The largest absolute Gasteiger partial charge is 0.283 e. The second kappa shape index (κ2) is 9.57. The number of carbonyl (C=O) groups excluding carboxylic acids is 1. The summed E-state index contributed by atoms with van der Waals surface area (Å²) in [5.41, 5.74) is 1.44. The van der Waals surface area contributed by atoms with Gasteiger partial charge in [-0.15, -0.1) is 11.3 Å². The molecule has 1 saturated heterocycles. The molecule has 1 saturated carbocycles. The summed E-state index contributed by atoms with van der Waals surface area (Å²) in [6.07, 6.45) is 10.4. The molecule has 1 aliphatic heterocycles. The summed E-state index contributed by atoms with van der Waals surface area (Å²) in [6.45, 7) is 1.92. The van der Waals surface area contributed by atoms with Crippen LogP contribution in [0.4, 0.5) is 10.8 Å². The number of aryl methyl sites for hydroxylation is 1. The van der Waals surface area contributed by atoms with E-state index in [0.717, 1.165) is 31.4 Å². The fraction of sp³-hybridized carbons (Fsp3) is 0.318. The van der Waals surface area contributed by atoms with Gasteiger partial charge in [0.15, 0.2) is 5.17 Å². The van der Waals surface area contributed by atoms with Crippen molar-refractivity contribution in [2.75, 3.05) is 0 Å². The van der Waals surface area contributed by atoms with Crippen LogP contribution in [0.1, 0.15) is 43.4 Å². The number of amides is 1. The van der Waals surface area contributed by atoms with Crippen molar-refractivity contribution >= 4 is 51.1 Å². The quantitative estimate of drug-likeness (QED) is 0.321. The number of thioether (sulfide) groups is 1. The van der Waals surface area contributed by atoms with Gasteiger partial charge in [0.25, 0.3) is 11.6 Å². The summed E-state index contributed by atoms with van der Waals surface area (Å²) >= 11 is 2.80. The first kappa shape index (κ1) is 21.5. The fourth-order valence-corrected chi connectivity index (χ4v) is 5.46. The lowest BCUT2D eigenvalue weighted by Crippen LogP contribution is -2.40. The topological polar surface area (TPSA) is 88.7 Å². The highest BCUT2D eigenvalue weighted by Crippen LogP contribution is 2.38. The summed E-state index contributed by atoms with van der Waals surface area (Å²) in [5, 5.41) is 14.5. The number of allylic oxidation sites excluding steroid dienone is 2. The highest BCUT2D eigenvalue weighted by Gasteiger charge is 2.38. The smallest absolute Gasteiger partial charge is 0.276 e. The second-order valence-electron chi connectivity index (χ2n) is 7.44. The lowest BCUT2D eigenvalue weighted by molar-refractivity contribution is -0.385. The Labute approximate surface area is 188 Å². The molecule has 2 aromatic rings. The van der Waals surface area contributed by atoms with E-state index in [0.29, 0.717) is 20.8 Å². The van der Waals surface area contributed by atoms with Crippen LogP contribution in [0.2, 0.25) is 0 Å². The first-order valence-corrected chi connectivity index (χ1v) is 11.9. The molecule has 0 unspecified atom stereocenters. The van der Waals surface area contributed by atoms with Gasteiger partial charge in [-0.25, -0.2) is 4.98 Å². The number of hydrogen-bond donors (Lipinski definition) is 0. The van der Waals surface area contributed by atoms with E-state index >= 15 is 0 Å². The van der Waals surface area contributed by atoms with Crippen molar-refractivity contribution in [1.82, 2.24) is 9.88 Å². The summed E-state index contributed by atoms with van der Waals surface area (Å²) in [5.74, 6) is -0.0591. The van der Waals surface area contributed by atoms with Crippen LogP contribution >= 0.6 is 23.1 Å². The number of aliphatic imine (C=N–C) groups is 1. The molecule has 31 heavy (non-hydrogen) atoms. The van der Waals surface area contributed by atoms with Crippen LogP contribution in [0.25, 0.3) is 6.08 Å². The normalized spacial score (nSPS) is 20.4. The molecule has 1 aromatic heterocycles. The van der Waals surface area contributed by atoms with Crippen molar-refractivity contribution in [3.63, 3.8) is 0 Å². The number of nitro groups is 1.